The van der Waals surface area contributed by atoms with Crippen LogP contribution >= 0.6 is 0 Å². The number of nitriles is 2. The molecule has 0 radical (unpaired) electrons. The lowest BCUT2D eigenvalue weighted by atomic mass is 10.2. The molecule has 0 fully saturated rings. The van der Waals surface area contributed by atoms with Crippen LogP contribution in [0.4, 0.5) is 0 Å². The third-order valence-corrected chi connectivity index (χ3v) is 4.98. The molecule has 6 heteroatoms. The molecule has 1 rings (SSSR count). The Kier molecular flexibility index (Phi) is 5.90. The van der Waals surface area contributed by atoms with Crippen molar-refractivity contribution in [2.75, 3.05) is 13.1 Å². The summed E-state index contributed by atoms with van der Waals surface area (Å²) in [5.74, 6) is 0.151. The van der Waals surface area contributed by atoms with Crippen molar-refractivity contribution in [3.8, 4) is 12.1 Å². The molecule has 0 atom stereocenters. The first-order valence-corrected chi connectivity index (χ1v) is 8.14. The minimum Gasteiger partial charge on any atom is -0.207 e. The summed E-state index contributed by atoms with van der Waals surface area (Å²) >= 11 is 0. The van der Waals surface area contributed by atoms with Crippen molar-refractivity contribution in [3.63, 3.8) is 0 Å². The molecule has 0 spiro atoms. The second-order valence-electron chi connectivity index (χ2n) is 5.26. The summed E-state index contributed by atoms with van der Waals surface area (Å²) in [7, 11) is -3.70. The van der Waals surface area contributed by atoms with E-state index in [4.69, 9.17) is 10.5 Å². The Balaban J connectivity index is 3.28. The number of benzene rings is 1. The number of aryl methyl sites for hydroxylation is 1. The molecule has 0 saturated carbocycles. The Morgan fingerprint density at radius 2 is 1.95 bits per heavy atom. The van der Waals surface area contributed by atoms with Gasteiger partial charge in [0.2, 0.25) is 10.0 Å². The Morgan fingerprint density at radius 1 is 1.29 bits per heavy atom. The van der Waals surface area contributed by atoms with Gasteiger partial charge < -0.3 is 0 Å². The van der Waals surface area contributed by atoms with Gasteiger partial charge in [-0.05, 0) is 30.5 Å². The lowest BCUT2D eigenvalue weighted by Crippen LogP contribution is -2.35. The van der Waals surface area contributed by atoms with Crippen molar-refractivity contribution >= 4 is 10.0 Å². The quantitative estimate of drug-likeness (QED) is 0.807. The minimum absolute atomic E-state index is 0.139. The maximum Gasteiger partial charge on any atom is 0.243 e. The van der Waals surface area contributed by atoms with Crippen LogP contribution in [-0.4, -0.2) is 25.8 Å². The van der Waals surface area contributed by atoms with E-state index in [1.165, 1.54) is 10.4 Å². The van der Waals surface area contributed by atoms with E-state index in [0.29, 0.717) is 17.7 Å². The molecule has 0 aliphatic rings. The van der Waals surface area contributed by atoms with Crippen LogP contribution in [0.15, 0.2) is 23.1 Å². The average molecular weight is 305 g/mol. The van der Waals surface area contributed by atoms with E-state index in [1.807, 2.05) is 26.0 Å². The van der Waals surface area contributed by atoms with E-state index in [0.717, 1.165) is 0 Å². The van der Waals surface area contributed by atoms with E-state index < -0.39 is 10.0 Å². The zero-order valence-corrected chi connectivity index (χ0v) is 13.3. The van der Waals surface area contributed by atoms with Gasteiger partial charge in [0.15, 0.2) is 0 Å². The Bertz CT molecular complexity index is 682. The fourth-order valence-electron chi connectivity index (χ4n) is 1.98. The third-order valence-electron chi connectivity index (χ3n) is 2.98. The first-order valence-electron chi connectivity index (χ1n) is 6.70. The van der Waals surface area contributed by atoms with E-state index in [-0.39, 0.29) is 23.8 Å². The van der Waals surface area contributed by atoms with Gasteiger partial charge in [-0.1, -0.05) is 19.9 Å². The summed E-state index contributed by atoms with van der Waals surface area (Å²) < 4.78 is 26.9. The number of hydrogen-bond donors (Lipinski definition) is 0. The topological polar surface area (TPSA) is 85.0 Å². The largest absolute Gasteiger partial charge is 0.243 e. The van der Waals surface area contributed by atoms with Gasteiger partial charge >= 0.3 is 0 Å². The highest BCUT2D eigenvalue weighted by molar-refractivity contribution is 7.89. The van der Waals surface area contributed by atoms with Crippen molar-refractivity contribution in [2.45, 2.75) is 32.1 Å². The summed E-state index contributed by atoms with van der Waals surface area (Å²) in [5.41, 5.74) is 0.906. The Morgan fingerprint density at radius 3 is 2.48 bits per heavy atom. The highest BCUT2D eigenvalue weighted by Gasteiger charge is 2.26. The van der Waals surface area contributed by atoms with Gasteiger partial charge in [-0.2, -0.15) is 14.8 Å². The zero-order chi connectivity index (χ0) is 16.0. The van der Waals surface area contributed by atoms with Gasteiger partial charge in [-0.25, -0.2) is 8.42 Å². The monoisotopic (exact) mass is 305 g/mol. The van der Waals surface area contributed by atoms with Crippen molar-refractivity contribution in [2.24, 2.45) is 5.92 Å². The van der Waals surface area contributed by atoms with Crippen LogP contribution in [0, 0.1) is 35.5 Å². The van der Waals surface area contributed by atoms with Crippen molar-refractivity contribution < 1.29 is 8.42 Å². The SMILES string of the molecule is Cc1ccc(C#N)cc1S(=O)(=O)N(CCC#N)CC(C)C. The molecule has 0 aliphatic heterocycles. The van der Waals surface area contributed by atoms with E-state index in [2.05, 4.69) is 0 Å². The summed E-state index contributed by atoms with van der Waals surface area (Å²) in [5, 5.41) is 17.7. The number of hydrogen-bond acceptors (Lipinski definition) is 4. The average Bonchev–Trinajstić information content (AvgIpc) is 2.43. The predicted molar refractivity (Wildman–Crippen MR) is 79.7 cm³/mol. The van der Waals surface area contributed by atoms with Gasteiger partial charge in [0.25, 0.3) is 0 Å². The van der Waals surface area contributed by atoms with Crippen molar-refractivity contribution in [3.05, 3.63) is 29.3 Å². The molecule has 112 valence electrons. The van der Waals surface area contributed by atoms with E-state index in [9.17, 15) is 8.42 Å². The molecule has 0 saturated heterocycles. The molecular weight excluding hydrogens is 286 g/mol. The van der Waals surface area contributed by atoms with Crippen LogP contribution in [0.3, 0.4) is 0 Å². The Hall–Kier alpha value is -1.89. The molecule has 1 aromatic rings. The van der Waals surface area contributed by atoms with Crippen LogP contribution in [0.1, 0.15) is 31.4 Å². The standard InChI is InChI=1S/C15H19N3O2S/c1-12(2)11-18(8-4-7-16)21(19,20)15-9-14(10-17)6-5-13(15)3/h5-6,9,12H,4,8,11H2,1-3H3. The molecule has 0 heterocycles. The maximum absolute atomic E-state index is 12.8. The smallest absolute Gasteiger partial charge is 0.207 e. The fraction of sp³-hybridized carbons (Fsp3) is 0.467. The van der Waals surface area contributed by atoms with Gasteiger partial charge in [-0.15, -0.1) is 0 Å². The highest BCUT2D eigenvalue weighted by atomic mass is 32.2. The Labute approximate surface area is 126 Å². The molecule has 0 N–H and O–H groups in total. The second-order valence-corrected chi connectivity index (χ2v) is 7.16. The van der Waals surface area contributed by atoms with Gasteiger partial charge in [0, 0.05) is 19.5 Å². The molecule has 0 aromatic heterocycles. The van der Waals surface area contributed by atoms with E-state index >= 15 is 0 Å². The molecular formula is C15H19N3O2S. The fourth-order valence-corrected chi connectivity index (χ4v) is 3.83. The van der Waals surface area contributed by atoms with Gasteiger partial charge in [0.05, 0.1) is 22.6 Å². The van der Waals surface area contributed by atoms with Gasteiger partial charge in [-0.3, -0.25) is 0 Å². The molecule has 0 unspecified atom stereocenters. The highest BCUT2D eigenvalue weighted by Crippen LogP contribution is 2.22. The van der Waals surface area contributed by atoms with Crippen LogP contribution < -0.4 is 0 Å². The lowest BCUT2D eigenvalue weighted by Gasteiger charge is -2.24. The summed E-state index contributed by atoms with van der Waals surface area (Å²) in [6, 6.07) is 8.54. The van der Waals surface area contributed by atoms with Crippen LogP contribution in [0.25, 0.3) is 0 Å². The van der Waals surface area contributed by atoms with Crippen LogP contribution in [-0.2, 0) is 10.0 Å². The third kappa shape index (κ3) is 4.29. The summed E-state index contributed by atoms with van der Waals surface area (Å²) in [6.07, 6.45) is 0.142. The van der Waals surface area contributed by atoms with E-state index in [1.54, 1.807) is 19.1 Å². The number of rotatable bonds is 6. The normalized spacial score (nSPS) is 11.4. The molecule has 0 amide bonds. The molecule has 5 nitrogen and oxygen atoms in total. The second kappa shape index (κ2) is 7.21. The van der Waals surface area contributed by atoms with Crippen LogP contribution in [0.5, 0.6) is 0 Å². The van der Waals surface area contributed by atoms with Crippen molar-refractivity contribution in [1.29, 1.82) is 10.5 Å². The molecule has 0 aliphatic carbocycles. The predicted octanol–water partition coefficient (Wildman–Crippen LogP) is 2.43. The lowest BCUT2D eigenvalue weighted by molar-refractivity contribution is 0.372. The van der Waals surface area contributed by atoms with Crippen LogP contribution in [0.2, 0.25) is 0 Å². The first kappa shape index (κ1) is 17.2. The summed E-state index contributed by atoms with van der Waals surface area (Å²) in [4.78, 5) is 0.139. The van der Waals surface area contributed by atoms with Crippen molar-refractivity contribution in [1.82, 2.24) is 4.31 Å². The molecule has 0 bridgehead atoms. The minimum atomic E-state index is -3.70. The molecule has 1 aromatic carbocycles. The molecule has 21 heavy (non-hydrogen) atoms. The maximum atomic E-state index is 12.8. The summed E-state index contributed by atoms with van der Waals surface area (Å²) in [6.45, 7) is 6.06. The zero-order valence-electron chi connectivity index (χ0n) is 12.5. The van der Waals surface area contributed by atoms with Gasteiger partial charge in [0.1, 0.15) is 0 Å². The first-order chi connectivity index (χ1) is 9.82. The number of nitrogens with zero attached hydrogens (tertiary/aromatic N) is 3. The number of sulfonamides is 1.